The Kier molecular flexibility index (Phi) is 3.98. The number of nitrogens with two attached hydrogens (primary N) is 1. The van der Waals surface area contributed by atoms with E-state index in [4.69, 9.17) is 22.2 Å². The van der Waals surface area contributed by atoms with Gasteiger partial charge in [0.15, 0.2) is 0 Å². The first-order valence-corrected chi connectivity index (χ1v) is 6.89. The van der Waals surface area contributed by atoms with Gasteiger partial charge in [-0.15, -0.1) is 0 Å². The van der Waals surface area contributed by atoms with Crippen LogP contribution in [0.5, 0.6) is 0 Å². The van der Waals surface area contributed by atoms with E-state index in [-0.39, 0.29) is 6.04 Å². The van der Waals surface area contributed by atoms with Gasteiger partial charge in [-0.3, -0.25) is 16.3 Å². The fraction of sp³-hybridized carbons (Fsp3) is 0.267. The first-order chi connectivity index (χ1) is 9.78. The van der Waals surface area contributed by atoms with Gasteiger partial charge in [0.25, 0.3) is 0 Å². The van der Waals surface area contributed by atoms with Gasteiger partial charge in [0.2, 0.25) is 0 Å². The molecule has 1 atom stereocenters. The van der Waals surface area contributed by atoms with Crippen LogP contribution < -0.4 is 11.3 Å². The Bertz CT molecular complexity index is 618. The van der Waals surface area contributed by atoms with Crippen LogP contribution in [0.4, 0.5) is 0 Å². The minimum Gasteiger partial charge on any atom is -0.372 e. The molecular weight excluding hydrogens is 274 g/mol. The maximum atomic E-state index is 6.16. The van der Waals surface area contributed by atoms with Gasteiger partial charge in [-0.1, -0.05) is 29.8 Å². The van der Waals surface area contributed by atoms with E-state index >= 15 is 0 Å². The second kappa shape index (κ2) is 5.89. The number of nitrogens with zero attached hydrogens (tertiary/aromatic N) is 1. The van der Waals surface area contributed by atoms with Crippen LogP contribution in [0.2, 0.25) is 5.02 Å². The molecule has 0 bridgehead atoms. The average molecular weight is 290 g/mol. The van der Waals surface area contributed by atoms with Crippen molar-refractivity contribution in [3.05, 3.63) is 63.9 Å². The number of fused-ring (bicyclic) bond motifs is 1. The van der Waals surface area contributed by atoms with E-state index in [1.165, 1.54) is 11.1 Å². The molecule has 104 valence electrons. The average Bonchev–Trinajstić information content (AvgIpc) is 2.94. The predicted octanol–water partition coefficient (Wildman–Crippen LogP) is 2.51. The highest BCUT2D eigenvalue weighted by Crippen LogP contribution is 2.27. The molecule has 4 nitrogen and oxygen atoms in total. The zero-order chi connectivity index (χ0) is 13.9. The number of hydrazine groups is 1. The summed E-state index contributed by atoms with van der Waals surface area (Å²) in [4.78, 5) is 4.00. The predicted molar refractivity (Wildman–Crippen MR) is 78.0 cm³/mol. The molecule has 5 heteroatoms. The molecule has 0 radical (unpaired) electrons. The monoisotopic (exact) mass is 289 g/mol. The minimum absolute atomic E-state index is 0.0146. The third-order valence-electron chi connectivity index (χ3n) is 3.63. The molecule has 0 saturated carbocycles. The largest absolute Gasteiger partial charge is 0.372 e. The number of aromatic nitrogens is 1. The van der Waals surface area contributed by atoms with Gasteiger partial charge in [0.1, 0.15) is 0 Å². The Labute approximate surface area is 122 Å². The van der Waals surface area contributed by atoms with Crippen LogP contribution in [0.25, 0.3) is 0 Å². The van der Waals surface area contributed by atoms with Crippen molar-refractivity contribution in [3.63, 3.8) is 0 Å². The van der Waals surface area contributed by atoms with Crippen LogP contribution >= 0.6 is 11.6 Å². The maximum Gasteiger partial charge on any atom is 0.0725 e. The fourth-order valence-corrected chi connectivity index (χ4v) is 2.67. The molecule has 3 rings (SSSR count). The zero-order valence-corrected chi connectivity index (χ0v) is 11.7. The Morgan fingerprint density at radius 3 is 2.95 bits per heavy atom. The number of halogens is 1. The van der Waals surface area contributed by atoms with Crippen molar-refractivity contribution in [1.82, 2.24) is 10.4 Å². The lowest BCUT2D eigenvalue weighted by atomic mass is 9.97. The smallest absolute Gasteiger partial charge is 0.0725 e. The van der Waals surface area contributed by atoms with Crippen molar-refractivity contribution in [2.45, 2.75) is 25.7 Å². The van der Waals surface area contributed by atoms with Gasteiger partial charge in [-0.05, 0) is 34.7 Å². The lowest BCUT2D eigenvalue weighted by Gasteiger charge is -2.18. The summed E-state index contributed by atoms with van der Waals surface area (Å²) in [6.07, 6.45) is 4.11. The molecule has 1 aliphatic rings. The van der Waals surface area contributed by atoms with Crippen LogP contribution in [0, 0.1) is 0 Å². The highest BCUT2D eigenvalue weighted by atomic mass is 35.5. The van der Waals surface area contributed by atoms with Crippen molar-refractivity contribution in [2.24, 2.45) is 5.84 Å². The molecule has 0 saturated heterocycles. The van der Waals surface area contributed by atoms with Gasteiger partial charge < -0.3 is 4.74 Å². The lowest BCUT2D eigenvalue weighted by Crippen LogP contribution is -2.29. The summed E-state index contributed by atoms with van der Waals surface area (Å²) in [5.74, 6) is 5.71. The maximum absolute atomic E-state index is 6.16. The van der Waals surface area contributed by atoms with Gasteiger partial charge in [-0.2, -0.15) is 0 Å². The third-order valence-corrected chi connectivity index (χ3v) is 3.97. The second-order valence-electron chi connectivity index (χ2n) is 4.91. The van der Waals surface area contributed by atoms with Crippen LogP contribution in [0.15, 0.2) is 36.7 Å². The molecule has 2 heterocycles. The van der Waals surface area contributed by atoms with Crippen molar-refractivity contribution in [1.29, 1.82) is 0 Å². The highest BCUT2D eigenvalue weighted by Gasteiger charge is 2.17. The van der Waals surface area contributed by atoms with Gasteiger partial charge in [-0.25, -0.2) is 0 Å². The van der Waals surface area contributed by atoms with Crippen molar-refractivity contribution >= 4 is 11.6 Å². The summed E-state index contributed by atoms with van der Waals surface area (Å²) in [5, 5.41) is 0.664. The summed E-state index contributed by atoms with van der Waals surface area (Å²) >= 11 is 6.16. The van der Waals surface area contributed by atoms with E-state index in [2.05, 4.69) is 28.6 Å². The molecule has 0 spiro atoms. The number of ether oxygens (including phenoxy) is 1. The number of hydrogen-bond acceptors (Lipinski definition) is 4. The van der Waals surface area contributed by atoms with E-state index in [0.717, 1.165) is 17.5 Å². The molecule has 0 fully saturated rings. The molecule has 20 heavy (non-hydrogen) atoms. The Balaban J connectivity index is 1.85. The third kappa shape index (κ3) is 2.69. The summed E-state index contributed by atoms with van der Waals surface area (Å²) in [7, 11) is 0. The molecule has 0 aliphatic carbocycles. The van der Waals surface area contributed by atoms with E-state index in [0.29, 0.717) is 18.2 Å². The molecule has 2 aromatic rings. The van der Waals surface area contributed by atoms with E-state index in [1.807, 2.05) is 6.07 Å². The molecule has 1 aromatic heterocycles. The van der Waals surface area contributed by atoms with Crippen LogP contribution in [0.1, 0.15) is 28.3 Å². The quantitative estimate of drug-likeness (QED) is 0.671. The van der Waals surface area contributed by atoms with Gasteiger partial charge in [0, 0.05) is 12.4 Å². The summed E-state index contributed by atoms with van der Waals surface area (Å²) in [5.41, 5.74) is 7.53. The van der Waals surface area contributed by atoms with E-state index in [1.54, 1.807) is 12.4 Å². The number of pyridine rings is 1. The molecule has 0 amide bonds. The normalized spacial score (nSPS) is 15.1. The molecule has 3 N–H and O–H groups in total. The fourth-order valence-electron chi connectivity index (χ4n) is 2.47. The molecule has 1 unspecified atom stereocenters. The van der Waals surface area contributed by atoms with Crippen molar-refractivity contribution in [2.75, 3.05) is 0 Å². The van der Waals surface area contributed by atoms with Crippen LogP contribution in [-0.4, -0.2) is 4.98 Å². The number of benzene rings is 1. The standard InChI is InChI=1S/C15H16ClN3O/c16-14-7-18-4-3-10(14)6-15(19-17)11-1-2-12-8-20-9-13(12)5-11/h1-5,7,15,19H,6,8-9,17H2. The summed E-state index contributed by atoms with van der Waals surface area (Å²) in [6, 6.07) is 8.29. The summed E-state index contributed by atoms with van der Waals surface area (Å²) in [6.45, 7) is 1.38. The second-order valence-corrected chi connectivity index (χ2v) is 5.32. The topological polar surface area (TPSA) is 60.2 Å². The number of hydrogen-bond donors (Lipinski definition) is 2. The lowest BCUT2D eigenvalue weighted by molar-refractivity contribution is 0.134. The first-order valence-electron chi connectivity index (χ1n) is 6.52. The zero-order valence-electron chi connectivity index (χ0n) is 11.0. The van der Waals surface area contributed by atoms with E-state index < -0.39 is 0 Å². The van der Waals surface area contributed by atoms with Crippen LogP contribution in [0.3, 0.4) is 0 Å². The Hall–Kier alpha value is -1.46. The Morgan fingerprint density at radius 2 is 2.15 bits per heavy atom. The van der Waals surface area contributed by atoms with Crippen molar-refractivity contribution < 1.29 is 4.74 Å². The SMILES string of the molecule is NNC(Cc1ccncc1Cl)c1ccc2c(c1)COC2. The number of rotatable bonds is 4. The Morgan fingerprint density at radius 1 is 1.30 bits per heavy atom. The number of nitrogens with one attached hydrogen (secondary N) is 1. The molecule has 1 aliphatic heterocycles. The van der Waals surface area contributed by atoms with Crippen LogP contribution in [-0.2, 0) is 24.4 Å². The highest BCUT2D eigenvalue weighted by molar-refractivity contribution is 6.31. The first kappa shape index (κ1) is 13.5. The van der Waals surface area contributed by atoms with Gasteiger partial charge >= 0.3 is 0 Å². The van der Waals surface area contributed by atoms with Gasteiger partial charge in [0.05, 0.1) is 24.3 Å². The van der Waals surface area contributed by atoms with Crippen molar-refractivity contribution in [3.8, 4) is 0 Å². The summed E-state index contributed by atoms with van der Waals surface area (Å²) < 4.78 is 5.44. The minimum atomic E-state index is 0.0146. The molecule has 1 aromatic carbocycles. The molecular formula is C15H16ClN3O. The van der Waals surface area contributed by atoms with E-state index in [9.17, 15) is 0 Å².